The fourth-order valence-corrected chi connectivity index (χ4v) is 1.40. The van der Waals surface area contributed by atoms with E-state index in [-0.39, 0.29) is 5.78 Å². The molecule has 0 spiro atoms. The monoisotopic (exact) mass is 225 g/mol. The smallest absolute Gasteiger partial charge is 0.182 e. The van der Waals surface area contributed by atoms with Crippen molar-refractivity contribution in [3.05, 3.63) is 34.3 Å². The second-order valence-electron chi connectivity index (χ2n) is 4.06. The van der Waals surface area contributed by atoms with Gasteiger partial charge in [-0.1, -0.05) is 30.7 Å². The summed E-state index contributed by atoms with van der Waals surface area (Å²) in [5.74, 6) is -0.0631. The molecule has 0 aliphatic heterocycles. The van der Waals surface area contributed by atoms with E-state index >= 15 is 0 Å². The average molecular weight is 226 g/mol. The lowest BCUT2D eigenvalue weighted by molar-refractivity contribution is 0.0898. The van der Waals surface area contributed by atoms with Gasteiger partial charge in [-0.15, -0.1) is 0 Å². The van der Waals surface area contributed by atoms with Crippen molar-refractivity contribution < 1.29 is 4.79 Å². The highest BCUT2D eigenvalue weighted by Gasteiger charge is 2.27. The van der Waals surface area contributed by atoms with E-state index in [9.17, 15) is 4.79 Å². The molecule has 1 aromatic carbocycles. The zero-order chi connectivity index (χ0) is 11.6. The van der Waals surface area contributed by atoms with Crippen LogP contribution in [-0.4, -0.2) is 11.3 Å². The summed E-state index contributed by atoms with van der Waals surface area (Å²) in [7, 11) is 0. The minimum absolute atomic E-state index is 0.0631. The van der Waals surface area contributed by atoms with E-state index in [2.05, 4.69) is 0 Å². The molecule has 0 amide bonds. The Hall–Kier alpha value is -0.860. The van der Waals surface area contributed by atoms with Gasteiger partial charge in [-0.3, -0.25) is 4.79 Å². The number of rotatable bonds is 3. The maximum atomic E-state index is 12.0. The van der Waals surface area contributed by atoms with Crippen LogP contribution in [0, 0.1) is 6.92 Å². The van der Waals surface area contributed by atoms with Crippen molar-refractivity contribution in [1.82, 2.24) is 0 Å². The van der Waals surface area contributed by atoms with Crippen LogP contribution in [-0.2, 0) is 0 Å². The van der Waals surface area contributed by atoms with Gasteiger partial charge in [0.25, 0.3) is 0 Å². The van der Waals surface area contributed by atoms with Gasteiger partial charge in [-0.05, 0) is 31.9 Å². The lowest BCUT2D eigenvalue weighted by Gasteiger charge is -2.21. The fourth-order valence-electron chi connectivity index (χ4n) is 1.22. The molecule has 15 heavy (non-hydrogen) atoms. The number of carbonyl (C=O) groups excluding carboxylic acids is 1. The third-order valence-electron chi connectivity index (χ3n) is 2.69. The molecule has 0 saturated heterocycles. The molecule has 0 radical (unpaired) electrons. The van der Waals surface area contributed by atoms with Gasteiger partial charge in [-0.25, -0.2) is 0 Å². The number of ketones is 1. The first kappa shape index (κ1) is 12.2. The summed E-state index contributed by atoms with van der Waals surface area (Å²) in [5, 5.41) is 0.604. The van der Waals surface area contributed by atoms with Crippen LogP contribution in [0.25, 0.3) is 0 Å². The highest BCUT2D eigenvalue weighted by molar-refractivity contribution is 6.31. The molecule has 0 bridgehead atoms. The Morgan fingerprint density at radius 3 is 2.60 bits per heavy atom. The van der Waals surface area contributed by atoms with Crippen molar-refractivity contribution in [2.75, 3.05) is 0 Å². The summed E-state index contributed by atoms with van der Waals surface area (Å²) in [5.41, 5.74) is 6.62. The van der Waals surface area contributed by atoms with E-state index in [0.29, 0.717) is 17.0 Å². The molecule has 3 heteroatoms. The zero-order valence-corrected chi connectivity index (χ0v) is 10.1. The first-order valence-electron chi connectivity index (χ1n) is 4.98. The molecule has 0 saturated carbocycles. The molecule has 0 aliphatic rings. The molecular weight excluding hydrogens is 210 g/mol. The van der Waals surface area contributed by atoms with Gasteiger partial charge in [-0.2, -0.15) is 0 Å². The van der Waals surface area contributed by atoms with Gasteiger partial charge in [0.1, 0.15) is 0 Å². The molecule has 0 aromatic heterocycles. The Morgan fingerprint density at radius 2 is 2.13 bits per heavy atom. The van der Waals surface area contributed by atoms with Crippen LogP contribution in [0.5, 0.6) is 0 Å². The van der Waals surface area contributed by atoms with E-state index in [4.69, 9.17) is 17.3 Å². The number of hydrogen-bond donors (Lipinski definition) is 1. The molecule has 2 N–H and O–H groups in total. The Kier molecular flexibility index (Phi) is 3.53. The SMILES string of the molecule is CCC(C)(N)C(=O)c1ccc(C)c(Cl)c1. The normalized spacial score (nSPS) is 14.7. The maximum Gasteiger partial charge on any atom is 0.182 e. The molecule has 2 nitrogen and oxygen atoms in total. The third-order valence-corrected chi connectivity index (χ3v) is 3.09. The average Bonchev–Trinajstić information content (AvgIpc) is 2.21. The lowest BCUT2D eigenvalue weighted by Crippen LogP contribution is -2.44. The van der Waals surface area contributed by atoms with Crippen LogP contribution in [0.3, 0.4) is 0 Å². The molecule has 1 aromatic rings. The summed E-state index contributed by atoms with van der Waals surface area (Å²) in [6.45, 7) is 5.54. The van der Waals surface area contributed by atoms with Crippen LogP contribution in [0.15, 0.2) is 18.2 Å². The van der Waals surface area contributed by atoms with E-state index in [1.54, 1.807) is 19.1 Å². The molecule has 1 atom stereocenters. The van der Waals surface area contributed by atoms with Gasteiger partial charge in [0.15, 0.2) is 5.78 Å². The predicted octanol–water partition coefficient (Wildman–Crippen LogP) is 2.96. The minimum atomic E-state index is -0.807. The summed E-state index contributed by atoms with van der Waals surface area (Å²) >= 11 is 5.96. The second kappa shape index (κ2) is 4.33. The summed E-state index contributed by atoms with van der Waals surface area (Å²) in [6.07, 6.45) is 0.608. The fraction of sp³-hybridized carbons (Fsp3) is 0.417. The summed E-state index contributed by atoms with van der Waals surface area (Å²) in [6, 6.07) is 5.28. The lowest BCUT2D eigenvalue weighted by atomic mass is 9.89. The van der Waals surface area contributed by atoms with E-state index in [1.165, 1.54) is 0 Å². The number of benzene rings is 1. The standard InChI is InChI=1S/C12H16ClNO/c1-4-12(3,14)11(15)9-6-5-8(2)10(13)7-9/h5-7H,4,14H2,1-3H3. The maximum absolute atomic E-state index is 12.0. The number of aryl methyl sites for hydroxylation is 1. The first-order valence-corrected chi connectivity index (χ1v) is 5.36. The van der Waals surface area contributed by atoms with E-state index < -0.39 is 5.54 Å². The molecule has 1 unspecified atom stereocenters. The van der Waals surface area contributed by atoms with Gasteiger partial charge < -0.3 is 5.73 Å². The predicted molar refractivity (Wildman–Crippen MR) is 63.4 cm³/mol. The van der Waals surface area contributed by atoms with Gasteiger partial charge in [0.2, 0.25) is 0 Å². The number of Topliss-reactive ketones (excluding diaryl/α,β-unsaturated/α-hetero) is 1. The van der Waals surface area contributed by atoms with Crippen molar-refractivity contribution in [3.8, 4) is 0 Å². The van der Waals surface area contributed by atoms with E-state index in [1.807, 2.05) is 19.9 Å². The van der Waals surface area contributed by atoms with Crippen LogP contribution >= 0.6 is 11.6 Å². The number of halogens is 1. The van der Waals surface area contributed by atoms with Crippen LogP contribution in [0.1, 0.15) is 36.2 Å². The van der Waals surface area contributed by atoms with E-state index in [0.717, 1.165) is 5.56 Å². The quantitative estimate of drug-likeness (QED) is 0.804. The second-order valence-corrected chi connectivity index (χ2v) is 4.47. The molecule has 0 fully saturated rings. The van der Waals surface area contributed by atoms with Crippen molar-refractivity contribution in [2.45, 2.75) is 32.7 Å². The van der Waals surface area contributed by atoms with Crippen LogP contribution < -0.4 is 5.73 Å². The van der Waals surface area contributed by atoms with Crippen LogP contribution in [0.2, 0.25) is 5.02 Å². The molecule has 0 heterocycles. The number of carbonyl (C=O) groups is 1. The van der Waals surface area contributed by atoms with Crippen LogP contribution in [0.4, 0.5) is 0 Å². The summed E-state index contributed by atoms with van der Waals surface area (Å²) < 4.78 is 0. The van der Waals surface area contributed by atoms with Crippen molar-refractivity contribution in [2.24, 2.45) is 5.73 Å². The largest absolute Gasteiger partial charge is 0.319 e. The van der Waals surface area contributed by atoms with Crippen molar-refractivity contribution in [1.29, 1.82) is 0 Å². The topological polar surface area (TPSA) is 43.1 Å². The molecule has 82 valence electrons. The minimum Gasteiger partial charge on any atom is -0.319 e. The molecular formula is C12H16ClNO. The van der Waals surface area contributed by atoms with Crippen molar-refractivity contribution >= 4 is 17.4 Å². The summed E-state index contributed by atoms with van der Waals surface area (Å²) in [4.78, 5) is 12.0. The number of hydrogen-bond acceptors (Lipinski definition) is 2. The van der Waals surface area contributed by atoms with Gasteiger partial charge in [0, 0.05) is 10.6 Å². The first-order chi connectivity index (χ1) is 6.88. The Balaban J connectivity index is 3.08. The Bertz CT molecular complexity index is 385. The Morgan fingerprint density at radius 1 is 1.53 bits per heavy atom. The van der Waals surface area contributed by atoms with Gasteiger partial charge >= 0.3 is 0 Å². The number of nitrogens with two attached hydrogens (primary N) is 1. The zero-order valence-electron chi connectivity index (χ0n) is 9.30. The van der Waals surface area contributed by atoms with Crippen molar-refractivity contribution in [3.63, 3.8) is 0 Å². The highest BCUT2D eigenvalue weighted by Crippen LogP contribution is 2.20. The third kappa shape index (κ3) is 2.58. The van der Waals surface area contributed by atoms with Gasteiger partial charge in [0.05, 0.1) is 5.54 Å². The highest BCUT2D eigenvalue weighted by atomic mass is 35.5. The molecule has 0 aliphatic carbocycles. The molecule has 1 rings (SSSR count). The Labute approximate surface area is 95.4 Å².